The minimum Gasteiger partial charge on any atom is -0.338 e. The van der Waals surface area contributed by atoms with Crippen LogP contribution < -0.4 is 10.6 Å². The van der Waals surface area contributed by atoms with Crippen molar-refractivity contribution >= 4 is 17.8 Å². The Labute approximate surface area is 183 Å². The van der Waals surface area contributed by atoms with Crippen molar-refractivity contribution in [3.63, 3.8) is 0 Å². The quantitative estimate of drug-likeness (QED) is 0.747. The van der Waals surface area contributed by atoms with Crippen LogP contribution in [0.15, 0.2) is 36.4 Å². The van der Waals surface area contributed by atoms with Gasteiger partial charge in [0.05, 0.1) is 17.9 Å². The summed E-state index contributed by atoms with van der Waals surface area (Å²) < 4.78 is 1.85. The van der Waals surface area contributed by atoms with Gasteiger partial charge in [-0.15, -0.1) is 0 Å². The fourth-order valence-corrected chi connectivity index (χ4v) is 4.43. The van der Waals surface area contributed by atoms with E-state index in [-0.39, 0.29) is 11.9 Å². The zero-order chi connectivity index (χ0) is 21.6. The summed E-state index contributed by atoms with van der Waals surface area (Å²) in [7, 11) is 0. The fraction of sp³-hybridized carbons (Fsp3) is 0.522. The summed E-state index contributed by atoms with van der Waals surface area (Å²) in [6.07, 6.45) is 4.81. The fourth-order valence-electron chi connectivity index (χ4n) is 4.43. The normalized spacial score (nSPS) is 17.6. The predicted molar refractivity (Wildman–Crippen MR) is 120 cm³/mol. The SMILES string of the molecule is CCNC(=O)N1CCN(CC(=O)Nc2cc(C3CCCC3)nn2-c2ccccc2)CC1. The molecular formula is C23H32N6O2. The second-order valence-electron chi connectivity index (χ2n) is 8.33. The van der Waals surface area contributed by atoms with Gasteiger partial charge in [0.15, 0.2) is 0 Å². The van der Waals surface area contributed by atoms with Gasteiger partial charge in [-0.1, -0.05) is 31.0 Å². The average molecular weight is 425 g/mol. The van der Waals surface area contributed by atoms with Crippen LogP contribution in [0.3, 0.4) is 0 Å². The molecule has 8 heteroatoms. The van der Waals surface area contributed by atoms with Crippen molar-refractivity contribution in [2.75, 3.05) is 44.6 Å². The number of benzene rings is 1. The first-order valence-electron chi connectivity index (χ1n) is 11.3. The number of nitrogens with one attached hydrogen (secondary N) is 2. The van der Waals surface area contributed by atoms with Gasteiger partial charge in [0.1, 0.15) is 5.82 Å². The molecule has 166 valence electrons. The zero-order valence-electron chi connectivity index (χ0n) is 18.2. The molecule has 1 aromatic carbocycles. The largest absolute Gasteiger partial charge is 0.338 e. The van der Waals surface area contributed by atoms with Gasteiger partial charge in [0.25, 0.3) is 0 Å². The van der Waals surface area contributed by atoms with Gasteiger partial charge < -0.3 is 15.5 Å². The van der Waals surface area contributed by atoms with Crippen molar-refractivity contribution in [1.82, 2.24) is 24.9 Å². The van der Waals surface area contributed by atoms with Gasteiger partial charge in [-0.05, 0) is 31.9 Å². The Morgan fingerprint density at radius 2 is 1.77 bits per heavy atom. The molecule has 0 spiro atoms. The summed E-state index contributed by atoms with van der Waals surface area (Å²) >= 11 is 0. The number of rotatable bonds is 6. The molecule has 0 radical (unpaired) electrons. The van der Waals surface area contributed by atoms with Crippen LogP contribution in [-0.4, -0.2) is 70.8 Å². The molecule has 4 rings (SSSR count). The summed E-state index contributed by atoms with van der Waals surface area (Å²) in [5, 5.41) is 10.8. The molecule has 2 aromatic rings. The van der Waals surface area contributed by atoms with Crippen molar-refractivity contribution in [3.05, 3.63) is 42.1 Å². The lowest BCUT2D eigenvalue weighted by atomic mass is 10.0. The summed E-state index contributed by atoms with van der Waals surface area (Å²) in [4.78, 5) is 28.7. The molecule has 1 saturated heterocycles. The third-order valence-electron chi connectivity index (χ3n) is 6.12. The number of hydrogen-bond acceptors (Lipinski definition) is 4. The summed E-state index contributed by atoms with van der Waals surface area (Å²) in [6.45, 7) is 5.49. The second-order valence-corrected chi connectivity index (χ2v) is 8.33. The van der Waals surface area contributed by atoms with Crippen LogP contribution >= 0.6 is 0 Å². The Kier molecular flexibility index (Phi) is 6.86. The Bertz CT molecular complexity index is 883. The van der Waals surface area contributed by atoms with Crippen LogP contribution in [0.4, 0.5) is 10.6 Å². The van der Waals surface area contributed by atoms with E-state index >= 15 is 0 Å². The van der Waals surface area contributed by atoms with Crippen molar-refractivity contribution in [2.45, 2.75) is 38.5 Å². The lowest BCUT2D eigenvalue weighted by Gasteiger charge is -2.34. The van der Waals surface area contributed by atoms with Crippen LogP contribution in [0.25, 0.3) is 5.69 Å². The van der Waals surface area contributed by atoms with Crippen molar-refractivity contribution < 1.29 is 9.59 Å². The van der Waals surface area contributed by atoms with Crippen LogP contribution in [0.5, 0.6) is 0 Å². The van der Waals surface area contributed by atoms with Gasteiger partial charge in [-0.2, -0.15) is 5.10 Å². The molecule has 2 fully saturated rings. The highest BCUT2D eigenvalue weighted by atomic mass is 16.2. The minimum atomic E-state index is -0.0542. The first kappa shape index (κ1) is 21.4. The smallest absolute Gasteiger partial charge is 0.317 e. The number of urea groups is 1. The van der Waals surface area contributed by atoms with Gasteiger partial charge >= 0.3 is 6.03 Å². The number of para-hydroxylation sites is 1. The van der Waals surface area contributed by atoms with E-state index in [2.05, 4.69) is 15.5 Å². The van der Waals surface area contributed by atoms with E-state index < -0.39 is 0 Å². The van der Waals surface area contributed by atoms with E-state index in [0.29, 0.717) is 45.2 Å². The molecule has 1 aliphatic heterocycles. The Morgan fingerprint density at radius 3 is 2.45 bits per heavy atom. The summed E-state index contributed by atoms with van der Waals surface area (Å²) in [6, 6.07) is 11.9. The molecule has 0 unspecified atom stereocenters. The van der Waals surface area contributed by atoms with Crippen LogP contribution in [-0.2, 0) is 4.79 Å². The first-order chi connectivity index (χ1) is 15.1. The number of amides is 3. The lowest BCUT2D eigenvalue weighted by molar-refractivity contribution is -0.117. The van der Waals surface area contributed by atoms with Crippen molar-refractivity contribution in [2.24, 2.45) is 0 Å². The molecule has 8 nitrogen and oxygen atoms in total. The molecule has 2 aliphatic rings. The molecule has 1 aliphatic carbocycles. The van der Waals surface area contributed by atoms with E-state index in [9.17, 15) is 9.59 Å². The van der Waals surface area contributed by atoms with Crippen LogP contribution in [0, 0.1) is 0 Å². The van der Waals surface area contributed by atoms with E-state index in [4.69, 9.17) is 5.10 Å². The second kappa shape index (κ2) is 9.96. The third kappa shape index (κ3) is 5.25. The summed E-state index contributed by atoms with van der Waals surface area (Å²) in [5.74, 6) is 1.14. The first-order valence-corrected chi connectivity index (χ1v) is 11.3. The molecule has 2 N–H and O–H groups in total. The van der Waals surface area contributed by atoms with Crippen molar-refractivity contribution in [3.8, 4) is 5.69 Å². The molecule has 31 heavy (non-hydrogen) atoms. The number of nitrogens with zero attached hydrogens (tertiary/aromatic N) is 4. The molecular weight excluding hydrogens is 392 g/mol. The van der Waals surface area contributed by atoms with Crippen molar-refractivity contribution in [1.29, 1.82) is 0 Å². The van der Waals surface area contributed by atoms with E-state index in [1.54, 1.807) is 4.90 Å². The monoisotopic (exact) mass is 424 g/mol. The maximum atomic E-state index is 12.8. The highest BCUT2D eigenvalue weighted by Crippen LogP contribution is 2.35. The number of anilines is 1. The Balaban J connectivity index is 1.40. The third-order valence-corrected chi connectivity index (χ3v) is 6.12. The van der Waals surface area contributed by atoms with E-state index in [1.807, 2.05) is 48.0 Å². The molecule has 3 amide bonds. The average Bonchev–Trinajstić information content (AvgIpc) is 3.45. The molecule has 1 saturated carbocycles. The standard InChI is InChI=1S/C23H32N6O2/c1-2-24-23(31)28-14-12-27(13-15-28)17-22(30)25-21-16-20(18-8-6-7-9-18)26-29(21)19-10-4-3-5-11-19/h3-5,10-11,16,18H,2,6-9,12-15,17H2,1H3,(H,24,31)(H,25,30). The zero-order valence-corrected chi connectivity index (χ0v) is 18.2. The van der Waals surface area contributed by atoms with Gasteiger partial charge in [0, 0.05) is 44.7 Å². The maximum absolute atomic E-state index is 12.8. The predicted octanol–water partition coefficient (Wildman–Crippen LogP) is 2.82. The number of carbonyl (C=O) groups is 2. The lowest BCUT2D eigenvalue weighted by Crippen LogP contribution is -2.53. The van der Waals surface area contributed by atoms with Crippen LogP contribution in [0.2, 0.25) is 0 Å². The van der Waals surface area contributed by atoms with E-state index in [1.165, 1.54) is 12.8 Å². The van der Waals surface area contributed by atoms with E-state index in [0.717, 1.165) is 30.0 Å². The highest BCUT2D eigenvalue weighted by molar-refractivity contribution is 5.91. The van der Waals surface area contributed by atoms with Gasteiger partial charge in [-0.3, -0.25) is 9.69 Å². The maximum Gasteiger partial charge on any atom is 0.317 e. The molecule has 0 atom stereocenters. The highest BCUT2D eigenvalue weighted by Gasteiger charge is 2.24. The number of aromatic nitrogens is 2. The summed E-state index contributed by atoms with van der Waals surface area (Å²) in [5.41, 5.74) is 2.00. The molecule has 1 aromatic heterocycles. The topological polar surface area (TPSA) is 82.5 Å². The van der Waals surface area contributed by atoms with Gasteiger partial charge in [-0.25, -0.2) is 9.48 Å². The minimum absolute atomic E-state index is 0.0298. The van der Waals surface area contributed by atoms with Gasteiger partial charge in [0.2, 0.25) is 5.91 Å². The Morgan fingerprint density at radius 1 is 1.06 bits per heavy atom. The number of piperazine rings is 1. The molecule has 2 heterocycles. The number of carbonyl (C=O) groups excluding carboxylic acids is 2. The number of hydrogen-bond donors (Lipinski definition) is 2. The molecule has 0 bridgehead atoms. The Hall–Kier alpha value is -2.87. The van der Waals surface area contributed by atoms with Crippen LogP contribution in [0.1, 0.15) is 44.2 Å².